The second kappa shape index (κ2) is 3.28. The predicted molar refractivity (Wildman–Crippen MR) is 42.4 cm³/mol. The smallest absolute Gasteiger partial charge is 0.101 e. The van der Waals surface area contributed by atoms with Gasteiger partial charge in [-0.1, -0.05) is 5.20 Å². The first kappa shape index (κ1) is 8.21. The van der Waals surface area contributed by atoms with Crippen molar-refractivity contribution in [1.29, 1.82) is 0 Å². The van der Waals surface area contributed by atoms with E-state index in [0.29, 0.717) is 0 Å². The molecular weight excluding hydrogens is 138 g/mol. The maximum Gasteiger partial charge on any atom is 0.101 e. The molecule has 0 aromatic carbocycles. The summed E-state index contributed by atoms with van der Waals surface area (Å²) in [6.07, 6.45) is 0. The summed E-state index contributed by atoms with van der Waals surface area (Å²) in [6.45, 7) is 3.76. The number of hydrogen-bond donors (Lipinski definition) is 0. The van der Waals surface area contributed by atoms with Crippen molar-refractivity contribution in [2.75, 3.05) is 14.1 Å². The molecule has 0 aliphatic heterocycles. The minimum absolute atomic E-state index is 0.0432. The van der Waals surface area contributed by atoms with Crippen molar-refractivity contribution in [2.45, 2.75) is 5.50 Å². The fraction of sp³-hybridized carbons (Fsp3) is 0.600. The molecule has 0 spiro atoms. The summed E-state index contributed by atoms with van der Waals surface area (Å²) in [4.78, 5) is 1.94. The van der Waals surface area contributed by atoms with Gasteiger partial charge >= 0.3 is 0 Å². The summed E-state index contributed by atoms with van der Waals surface area (Å²) in [5.41, 5.74) is 0.0432. The van der Waals surface area contributed by atoms with Crippen LogP contribution < -0.4 is 0 Å². The molecule has 8 heavy (non-hydrogen) atoms. The van der Waals surface area contributed by atoms with Gasteiger partial charge in [-0.2, -0.15) is 0 Å². The van der Waals surface area contributed by atoms with Crippen LogP contribution >= 0.6 is 11.6 Å². The number of halogens is 1. The monoisotopic (exact) mass is 149 g/mol. The highest BCUT2D eigenvalue weighted by atomic mass is 35.5. The molecule has 0 bridgehead atoms. The number of hydrogen-bond acceptors (Lipinski definition) is 1. The van der Waals surface area contributed by atoms with Crippen molar-refractivity contribution in [3.63, 3.8) is 0 Å². The van der Waals surface area contributed by atoms with Gasteiger partial charge in [0.2, 0.25) is 0 Å². The molecule has 48 valence electrons. The third-order valence-corrected chi connectivity index (χ3v) is 2.54. The Bertz CT molecular complexity index is 92.4. The van der Waals surface area contributed by atoms with Gasteiger partial charge < -0.3 is 0 Å². The Hall–Kier alpha value is 0.207. The Morgan fingerprint density at radius 3 is 2.12 bits per heavy atom. The van der Waals surface area contributed by atoms with Crippen LogP contribution in [0.3, 0.4) is 0 Å². The number of nitrogens with zero attached hydrogens (tertiary/aromatic N) is 1. The molecule has 1 unspecified atom stereocenters. The molecule has 0 heterocycles. The molecule has 0 aliphatic rings. The molecule has 3 heteroatoms. The molecule has 0 fully saturated rings. The Labute approximate surface area is 58.7 Å². The van der Waals surface area contributed by atoms with E-state index in [4.69, 9.17) is 11.6 Å². The first-order valence-corrected chi connectivity index (χ1v) is 3.95. The molecule has 0 saturated carbocycles. The standard InChI is InChI=1S/C5H12ClNSi/c1-4(8)5(6)7(2)3/h5H,1H2,2-3,8H3. The van der Waals surface area contributed by atoms with Gasteiger partial charge in [-0.15, -0.1) is 18.2 Å². The Balaban J connectivity index is 3.64. The highest BCUT2D eigenvalue weighted by Crippen LogP contribution is 2.05. The van der Waals surface area contributed by atoms with Crippen LogP contribution in [-0.4, -0.2) is 34.7 Å². The molecular formula is C5H12ClNSi. The topological polar surface area (TPSA) is 3.24 Å². The molecule has 1 nitrogen and oxygen atoms in total. The van der Waals surface area contributed by atoms with Crippen LogP contribution in [0.1, 0.15) is 0 Å². The zero-order valence-electron chi connectivity index (χ0n) is 5.61. The van der Waals surface area contributed by atoms with E-state index in [-0.39, 0.29) is 5.50 Å². The maximum absolute atomic E-state index is 5.81. The van der Waals surface area contributed by atoms with E-state index >= 15 is 0 Å². The molecule has 0 aliphatic carbocycles. The van der Waals surface area contributed by atoms with Crippen LogP contribution in [0.15, 0.2) is 11.8 Å². The van der Waals surface area contributed by atoms with Gasteiger partial charge in [0.1, 0.15) is 5.50 Å². The van der Waals surface area contributed by atoms with E-state index in [2.05, 4.69) is 6.58 Å². The summed E-state index contributed by atoms with van der Waals surface area (Å²) >= 11 is 5.81. The third kappa shape index (κ3) is 2.50. The largest absolute Gasteiger partial charge is 0.291 e. The predicted octanol–water partition coefficient (Wildman–Crippen LogP) is -0.00800. The van der Waals surface area contributed by atoms with Gasteiger partial charge in [-0.25, -0.2) is 0 Å². The van der Waals surface area contributed by atoms with Crippen LogP contribution in [0.2, 0.25) is 0 Å². The lowest BCUT2D eigenvalue weighted by Gasteiger charge is -2.16. The molecule has 0 aromatic rings. The lowest BCUT2D eigenvalue weighted by molar-refractivity contribution is 0.418. The highest BCUT2D eigenvalue weighted by Gasteiger charge is 2.04. The SMILES string of the molecule is C=C([SiH3])C(Cl)N(C)C. The summed E-state index contributed by atoms with van der Waals surface area (Å²) in [7, 11) is 4.87. The fourth-order valence-electron chi connectivity index (χ4n) is 0.441. The molecule has 0 aromatic heterocycles. The van der Waals surface area contributed by atoms with E-state index < -0.39 is 0 Å². The average molecular weight is 150 g/mol. The van der Waals surface area contributed by atoms with Crippen molar-refractivity contribution in [3.05, 3.63) is 11.8 Å². The van der Waals surface area contributed by atoms with Gasteiger partial charge in [0, 0.05) is 10.2 Å². The van der Waals surface area contributed by atoms with Crippen molar-refractivity contribution in [1.82, 2.24) is 4.90 Å². The van der Waals surface area contributed by atoms with Crippen LogP contribution in [0.25, 0.3) is 0 Å². The summed E-state index contributed by atoms with van der Waals surface area (Å²) < 4.78 is 0. The molecule has 1 atom stereocenters. The van der Waals surface area contributed by atoms with Crippen LogP contribution in [0.5, 0.6) is 0 Å². The van der Waals surface area contributed by atoms with E-state index in [1.165, 1.54) is 0 Å². The zero-order valence-corrected chi connectivity index (χ0v) is 8.37. The first-order chi connectivity index (χ1) is 3.55. The first-order valence-electron chi connectivity index (χ1n) is 2.51. The van der Waals surface area contributed by atoms with Crippen LogP contribution in [0.4, 0.5) is 0 Å². The molecule has 0 rings (SSSR count). The van der Waals surface area contributed by atoms with E-state index in [1.54, 1.807) is 0 Å². The molecule has 0 N–H and O–H groups in total. The molecule has 0 radical (unpaired) electrons. The fourth-order valence-corrected chi connectivity index (χ4v) is 0.957. The number of alkyl halides is 1. The number of likely N-dealkylation sites (N-methyl/N-ethyl adjacent to an activating group) is 1. The maximum atomic E-state index is 5.81. The van der Waals surface area contributed by atoms with Crippen molar-refractivity contribution >= 4 is 21.8 Å². The van der Waals surface area contributed by atoms with Gasteiger partial charge in [0.25, 0.3) is 0 Å². The van der Waals surface area contributed by atoms with E-state index in [1.807, 2.05) is 19.0 Å². The Kier molecular flexibility index (Phi) is 3.36. The third-order valence-electron chi connectivity index (χ3n) is 0.860. The van der Waals surface area contributed by atoms with Crippen LogP contribution in [0, 0.1) is 0 Å². The van der Waals surface area contributed by atoms with Crippen molar-refractivity contribution < 1.29 is 0 Å². The van der Waals surface area contributed by atoms with Crippen molar-refractivity contribution in [2.24, 2.45) is 0 Å². The minimum Gasteiger partial charge on any atom is -0.291 e. The van der Waals surface area contributed by atoms with Gasteiger partial charge in [-0.05, 0) is 14.1 Å². The van der Waals surface area contributed by atoms with Gasteiger partial charge in [0.15, 0.2) is 0 Å². The van der Waals surface area contributed by atoms with Crippen molar-refractivity contribution in [3.8, 4) is 0 Å². The highest BCUT2D eigenvalue weighted by molar-refractivity contribution is 6.32. The van der Waals surface area contributed by atoms with Gasteiger partial charge in [0.05, 0.1) is 0 Å². The second-order valence-corrected chi connectivity index (χ2v) is 3.84. The molecule has 0 saturated heterocycles. The Morgan fingerprint density at radius 1 is 1.75 bits per heavy atom. The lowest BCUT2D eigenvalue weighted by atomic mass is 10.6. The molecule has 0 amide bonds. The van der Waals surface area contributed by atoms with E-state index in [0.717, 1.165) is 15.4 Å². The van der Waals surface area contributed by atoms with Gasteiger partial charge in [-0.3, -0.25) is 4.90 Å². The zero-order chi connectivity index (χ0) is 6.73. The van der Waals surface area contributed by atoms with Crippen LogP contribution in [-0.2, 0) is 0 Å². The Morgan fingerprint density at radius 2 is 2.12 bits per heavy atom. The summed E-state index contributed by atoms with van der Waals surface area (Å²) in [5.74, 6) is 0. The summed E-state index contributed by atoms with van der Waals surface area (Å²) in [5, 5.41) is 1.12. The summed E-state index contributed by atoms with van der Waals surface area (Å²) in [6, 6.07) is 0. The minimum atomic E-state index is 0.0432. The normalized spacial score (nSPS) is 14.5. The lowest BCUT2D eigenvalue weighted by Crippen LogP contribution is -2.23. The average Bonchev–Trinajstić information content (AvgIpc) is 1.64. The number of rotatable bonds is 2. The second-order valence-electron chi connectivity index (χ2n) is 2.15. The quantitative estimate of drug-likeness (QED) is 0.304. The van der Waals surface area contributed by atoms with E-state index in [9.17, 15) is 0 Å².